The molecule has 9 rings (SSSR count). The molecule has 0 radical (unpaired) electrons. The molecule has 0 aliphatic heterocycles. The van der Waals surface area contributed by atoms with E-state index >= 15 is 0 Å². The van der Waals surface area contributed by atoms with Crippen molar-refractivity contribution < 1.29 is 0 Å². The van der Waals surface area contributed by atoms with E-state index in [0.717, 1.165) is 5.56 Å². The lowest BCUT2D eigenvalue weighted by Gasteiger charge is -2.28. The Labute approximate surface area is 307 Å². The lowest BCUT2D eigenvalue weighted by molar-refractivity contribution is 0.509. The molecule has 0 spiro atoms. The smallest absolute Gasteiger partial charge is 0.0817 e. The zero-order valence-electron chi connectivity index (χ0n) is 30.3. The number of rotatable bonds is 7. The first-order valence-corrected chi connectivity index (χ1v) is 18.5. The molecule has 0 saturated heterocycles. The van der Waals surface area contributed by atoms with Crippen LogP contribution in [-0.2, 0) is 10.8 Å². The van der Waals surface area contributed by atoms with Crippen LogP contribution in [0.25, 0.3) is 50.2 Å². The number of hydrogen-bond acceptors (Lipinski definition) is 2. The molecular formula is C50H44N2. The molecule has 0 bridgehead atoms. The van der Waals surface area contributed by atoms with Gasteiger partial charge < -0.3 is 5.73 Å². The largest absolute Gasteiger partial charge is 0.312 e. The van der Waals surface area contributed by atoms with Crippen LogP contribution in [0.3, 0.4) is 0 Å². The van der Waals surface area contributed by atoms with E-state index in [1.807, 2.05) is 6.07 Å². The zero-order valence-corrected chi connectivity index (χ0v) is 30.3. The molecule has 7 aromatic carbocycles. The number of benzene rings is 7. The third-order valence-corrected chi connectivity index (χ3v) is 11.8. The van der Waals surface area contributed by atoms with Crippen LogP contribution in [0.2, 0.25) is 0 Å². The number of fused-ring (bicyclic) bond motifs is 7. The summed E-state index contributed by atoms with van der Waals surface area (Å²) in [5.74, 6) is 0. The van der Waals surface area contributed by atoms with Crippen LogP contribution in [0.15, 0.2) is 158 Å². The topological polar surface area (TPSA) is 38.0 Å². The van der Waals surface area contributed by atoms with Gasteiger partial charge in [0, 0.05) is 10.8 Å². The first kappa shape index (κ1) is 32.4. The highest BCUT2D eigenvalue weighted by Crippen LogP contribution is 2.53. The number of nitrogens with two attached hydrogens (primary N) is 1. The molecule has 0 heterocycles. The van der Waals surface area contributed by atoms with E-state index < -0.39 is 0 Å². The van der Waals surface area contributed by atoms with E-state index in [0.29, 0.717) is 0 Å². The average molecular weight is 673 g/mol. The Hall–Kier alpha value is -5.54. The molecule has 2 nitrogen and oxygen atoms in total. The average Bonchev–Trinajstić information content (AvgIpc) is 3.55. The molecule has 2 unspecified atom stereocenters. The zero-order chi connectivity index (χ0) is 35.6. The molecule has 0 fully saturated rings. The van der Waals surface area contributed by atoms with Crippen LogP contribution in [0.5, 0.6) is 0 Å². The van der Waals surface area contributed by atoms with E-state index in [1.54, 1.807) is 0 Å². The van der Waals surface area contributed by atoms with E-state index in [-0.39, 0.29) is 23.0 Å². The van der Waals surface area contributed by atoms with E-state index in [4.69, 9.17) is 5.73 Å². The maximum atomic E-state index is 6.98. The fraction of sp³-hybridized carbons (Fsp3) is 0.160. The van der Waals surface area contributed by atoms with Gasteiger partial charge in [0.1, 0.15) is 0 Å². The monoisotopic (exact) mass is 672 g/mol. The van der Waals surface area contributed by atoms with Crippen molar-refractivity contribution in [3.05, 3.63) is 197 Å². The molecule has 2 aliphatic carbocycles. The van der Waals surface area contributed by atoms with Gasteiger partial charge in [0.25, 0.3) is 0 Å². The van der Waals surface area contributed by atoms with Crippen molar-refractivity contribution in [2.75, 3.05) is 0 Å². The molecule has 0 amide bonds. The molecule has 3 N–H and O–H groups in total. The van der Waals surface area contributed by atoms with Gasteiger partial charge in [0.2, 0.25) is 0 Å². The van der Waals surface area contributed by atoms with Crippen LogP contribution in [0.4, 0.5) is 0 Å². The summed E-state index contributed by atoms with van der Waals surface area (Å²) in [4.78, 5) is 0. The van der Waals surface area contributed by atoms with Gasteiger partial charge in [-0.05, 0) is 95.2 Å². The molecule has 2 heteroatoms. The van der Waals surface area contributed by atoms with Gasteiger partial charge in [0.05, 0.1) is 12.2 Å². The third kappa shape index (κ3) is 5.09. The highest BCUT2D eigenvalue weighted by Gasteiger charge is 2.38. The Morgan fingerprint density at radius 2 is 1.12 bits per heavy atom. The molecule has 0 aromatic heterocycles. The maximum absolute atomic E-state index is 6.98. The summed E-state index contributed by atoms with van der Waals surface area (Å²) >= 11 is 0. The summed E-state index contributed by atoms with van der Waals surface area (Å²) in [5, 5.41) is 6.41. The lowest BCUT2D eigenvalue weighted by atomic mass is 9.78. The van der Waals surface area contributed by atoms with Crippen molar-refractivity contribution in [3.8, 4) is 33.4 Å². The summed E-state index contributed by atoms with van der Waals surface area (Å²) < 4.78 is 0. The Morgan fingerprint density at radius 1 is 0.519 bits per heavy atom. The van der Waals surface area contributed by atoms with Gasteiger partial charge in [-0.2, -0.15) is 0 Å². The predicted molar refractivity (Wildman–Crippen MR) is 219 cm³/mol. The highest BCUT2D eigenvalue weighted by molar-refractivity contribution is 5.96. The summed E-state index contributed by atoms with van der Waals surface area (Å²) in [5.41, 5.74) is 23.5. The van der Waals surface area contributed by atoms with Gasteiger partial charge in [0.15, 0.2) is 0 Å². The molecule has 7 aromatic rings. The van der Waals surface area contributed by atoms with Gasteiger partial charge in [-0.3, -0.25) is 5.32 Å². The summed E-state index contributed by atoms with van der Waals surface area (Å²) in [6.07, 6.45) is 4.28. The minimum atomic E-state index is -0.362. The maximum Gasteiger partial charge on any atom is 0.0817 e. The van der Waals surface area contributed by atoms with Crippen molar-refractivity contribution in [1.29, 1.82) is 0 Å². The van der Waals surface area contributed by atoms with Crippen molar-refractivity contribution in [2.24, 2.45) is 5.73 Å². The van der Waals surface area contributed by atoms with Crippen LogP contribution in [-0.4, -0.2) is 0 Å². The minimum Gasteiger partial charge on any atom is -0.312 e. The van der Waals surface area contributed by atoms with Crippen LogP contribution in [0, 0.1) is 0 Å². The molecule has 2 aliphatic rings. The van der Waals surface area contributed by atoms with E-state index in [2.05, 4.69) is 191 Å². The second kappa shape index (κ2) is 12.3. The van der Waals surface area contributed by atoms with Crippen LogP contribution < -0.4 is 11.1 Å². The fourth-order valence-corrected chi connectivity index (χ4v) is 9.12. The molecule has 2 atom stereocenters. The Balaban J connectivity index is 1.19. The third-order valence-electron chi connectivity index (χ3n) is 11.8. The van der Waals surface area contributed by atoms with Gasteiger partial charge >= 0.3 is 0 Å². The van der Waals surface area contributed by atoms with Crippen molar-refractivity contribution in [1.82, 2.24) is 5.32 Å². The van der Waals surface area contributed by atoms with E-state index in [1.165, 1.54) is 77.5 Å². The SMILES string of the molecule is CC1(C)c2cc3ccccc3cc2-c2c(/C=C/C(NC(N)c3ccccc3)c3ccccc3-c3cccc4c3C(C)(C)c3ccccc3-4)cccc21. The Kier molecular flexibility index (Phi) is 7.66. The summed E-state index contributed by atoms with van der Waals surface area (Å²) in [7, 11) is 0. The van der Waals surface area contributed by atoms with Crippen molar-refractivity contribution in [3.63, 3.8) is 0 Å². The summed E-state index contributed by atoms with van der Waals surface area (Å²) in [6.45, 7) is 9.45. The van der Waals surface area contributed by atoms with Gasteiger partial charge in [-0.1, -0.05) is 179 Å². The molecular weight excluding hydrogens is 629 g/mol. The molecule has 52 heavy (non-hydrogen) atoms. The van der Waals surface area contributed by atoms with E-state index in [9.17, 15) is 0 Å². The minimum absolute atomic E-state index is 0.101. The first-order valence-electron chi connectivity index (χ1n) is 18.5. The van der Waals surface area contributed by atoms with Crippen molar-refractivity contribution >= 4 is 16.8 Å². The number of hydrogen-bond donors (Lipinski definition) is 2. The lowest BCUT2D eigenvalue weighted by Crippen LogP contribution is -2.31. The van der Waals surface area contributed by atoms with Gasteiger partial charge in [-0.15, -0.1) is 0 Å². The Morgan fingerprint density at radius 3 is 1.90 bits per heavy atom. The second-order valence-corrected chi connectivity index (χ2v) is 15.5. The van der Waals surface area contributed by atoms with Crippen LogP contribution in [0.1, 0.15) is 78.8 Å². The van der Waals surface area contributed by atoms with Gasteiger partial charge in [-0.25, -0.2) is 0 Å². The second-order valence-electron chi connectivity index (χ2n) is 15.5. The quantitative estimate of drug-likeness (QED) is 0.165. The molecule has 0 saturated carbocycles. The Bertz CT molecular complexity index is 2520. The summed E-state index contributed by atoms with van der Waals surface area (Å²) in [6, 6.07) is 55.0. The molecule has 254 valence electrons. The normalized spacial score (nSPS) is 15.9. The highest BCUT2D eigenvalue weighted by atomic mass is 15.0. The standard InChI is InChI=1S/C50H44N2/c1-49(2)43-27-14-20-32(46(43)41-30-34-18-8-9-19-35(34)31-44(41)49)28-29-45(52-48(51)33-16-6-5-7-17-33)38-23-11-10-21-36(38)39-24-15-25-40-37-22-12-13-26-42(37)50(3,4)47(39)40/h5-31,45,48,52H,51H2,1-4H3/b29-28+. The van der Waals surface area contributed by atoms with Crippen LogP contribution >= 0.6 is 0 Å². The first-order chi connectivity index (χ1) is 25.2. The fourth-order valence-electron chi connectivity index (χ4n) is 9.12. The number of nitrogens with one attached hydrogen (secondary N) is 1. The van der Waals surface area contributed by atoms with Crippen molar-refractivity contribution in [2.45, 2.75) is 50.7 Å². The predicted octanol–water partition coefficient (Wildman–Crippen LogP) is 12.1.